The van der Waals surface area contributed by atoms with Crippen molar-refractivity contribution in [3.63, 3.8) is 0 Å². The quantitative estimate of drug-likeness (QED) is 0.293. The molecule has 0 amide bonds. The van der Waals surface area contributed by atoms with Gasteiger partial charge in [-0.15, -0.1) is 0 Å². The minimum atomic E-state index is 1.06. The lowest BCUT2D eigenvalue weighted by molar-refractivity contribution is 0.528. The van der Waals surface area contributed by atoms with E-state index in [9.17, 15) is 0 Å². The molecule has 2 heteroatoms. The lowest BCUT2D eigenvalue weighted by atomic mass is 10.0. The zero-order chi connectivity index (χ0) is 16.1. The van der Waals surface area contributed by atoms with Crippen LogP contribution in [0, 0.1) is 0 Å². The highest BCUT2D eigenvalue weighted by atomic mass is 14.8. The fourth-order valence-corrected chi connectivity index (χ4v) is 2.93. The van der Waals surface area contributed by atoms with Gasteiger partial charge in [0, 0.05) is 18.9 Å². The van der Waals surface area contributed by atoms with Gasteiger partial charge < -0.3 is 11.1 Å². The Bertz CT molecular complexity index is 214. The van der Waals surface area contributed by atoms with Gasteiger partial charge in [-0.25, -0.2) is 0 Å². The fourth-order valence-electron chi connectivity index (χ4n) is 2.93. The summed E-state index contributed by atoms with van der Waals surface area (Å²) in [7, 11) is 0. The molecule has 0 bridgehead atoms. The molecule has 0 rings (SSSR count). The molecule has 0 radical (unpaired) electrons. The summed E-state index contributed by atoms with van der Waals surface area (Å²) in [6.45, 7) is 3.35. The largest absolute Gasteiger partial charge is 0.403 e. The molecule has 22 heavy (non-hydrogen) atoms. The molecule has 0 aliphatic rings. The third-order valence-corrected chi connectivity index (χ3v) is 4.39. The third kappa shape index (κ3) is 19.3. The van der Waals surface area contributed by atoms with E-state index < -0.39 is 0 Å². The molecule has 0 atom stereocenters. The van der Waals surface area contributed by atoms with Crippen LogP contribution in [0.4, 0.5) is 0 Å². The smallest absolute Gasteiger partial charge is 0.0141 e. The Balaban J connectivity index is 2.94. The van der Waals surface area contributed by atoms with Crippen molar-refractivity contribution in [2.75, 3.05) is 6.54 Å². The van der Waals surface area contributed by atoms with Crippen LogP contribution in [0.5, 0.6) is 0 Å². The van der Waals surface area contributed by atoms with Gasteiger partial charge in [0.1, 0.15) is 0 Å². The van der Waals surface area contributed by atoms with Crippen molar-refractivity contribution in [2.45, 2.75) is 110 Å². The van der Waals surface area contributed by atoms with Gasteiger partial charge in [0.15, 0.2) is 0 Å². The van der Waals surface area contributed by atoms with E-state index in [0.717, 1.165) is 6.54 Å². The molecule has 132 valence electrons. The first-order valence-corrected chi connectivity index (χ1v) is 10.0. The monoisotopic (exact) mass is 310 g/mol. The van der Waals surface area contributed by atoms with E-state index in [1.54, 1.807) is 6.20 Å². The predicted molar refractivity (Wildman–Crippen MR) is 101 cm³/mol. The van der Waals surface area contributed by atoms with E-state index in [-0.39, 0.29) is 0 Å². The van der Waals surface area contributed by atoms with Crippen molar-refractivity contribution in [3.05, 3.63) is 12.4 Å². The topological polar surface area (TPSA) is 38.0 Å². The van der Waals surface area contributed by atoms with E-state index in [1.807, 2.05) is 6.20 Å². The van der Waals surface area contributed by atoms with Crippen molar-refractivity contribution in [3.8, 4) is 0 Å². The molecule has 0 saturated carbocycles. The summed E-state index contributed by atoms with van der Waals surface area (Å²) in [5, 5.41) is 3.18. The lowest BCUT2D eigenvalue weighted by Crippen LogP contribution is -2.07. The second-order valence-corrected chi connectivity index (χ2v) is 6.62. The van der Waals surface area contributed by atoms with Crippen LogP contribution in [0.25, 0.3) is 0 Å². The highest BCUT2D eigenvalue weighted by molar-refractivity contribution is 4.71. The highest BCUT2D eigenvalue weighted by Gasteiger charge is 1.94. The van der Waals surface area contributed by atoms with Crippen molar-refractivity contribution in [1.29, 1.82) is 0 Å². The van der Waals surface area contributed by atoms with Crippen molar-refractivity contribution in [2.24, 2.45) is 5.73 Å². The van der Waals surface area contributed by atoms with Crippen LogP contribution in [-0.2, 0) is 0 Å². The van der Waals surface area contributed by atoms with E-state index >= 15 is 0 Å². The van der Waals surface area contributed by atoms with Crippen molar-refractivity contribution >= 4 is 0 Å². The Hall–Kier alpha value is -0.660. The zero-order valence-corrected chi connectivity index (χ0v) is 15.3. The average molecular weight is 311 g/mol. The minimum absolute atomic E-state index is 1.06. The van der Waals surface area contributed by atoms with Crippen LogP contribution in [0.2, 0.25) is 0 Å². The second kappa shape index (κ2) is 20.3. The maximum Gasteiger partial charge on any atom is 0.0141 e. The second-order valence-electron chi connectivity index (χ2n) is 6.62. The van der Waals surface area contributed by atoms with Gasteiger partial charge in [-0.2, -0.15) is 0 Å². The average Bonchev–Trinajstić information content (AvgIpc) is 2.54. The normalized spacial score (nSPS) is 11.3. The molecule has 0 aromatic heterocycles. The van der Waals surface area contributed by atoms with Crippen LogP contribution in [0.1, 0.15) is 110 Å². The summed E-state index contributed by atoms with van der Waals surface area (Å²) in [6, 6.07) is 0. The van der Waals surface area contributed by atoms with Crippen LogP contribution in [0.15, 0.2) is 12.4 Å². The highest BCUT2D eigenvalue weighted by Crippen LogP contribution is 2.13. The predicted octanol–water partition coefficient (Wildman–Crippen LogP) is 6.27. The standard InChI is InChI=1S/C20H42N2/c1-2-3-4-5-6-7-8-9-10-11-12-13-14-15-16-17-19-22-20-18-21/h18,20,22H,2-17,19,21H2,1H3/b20-18+. The molecule has 2 nitrogen and oxygen atoms in total. The Kier molecular flexibility index (Phi) is 19.7. The summed E-state index contributed by atoms with van der Waals surface area (Å²) < 4.78 is 0. The van der Waals surface area contributed by atoms with Crippen LogP contribution in [0.3, 0.4) is 0 Å². The van der Waals surface area contributed by atoms with Gasteiger partial charge in [-0.3, -0.25) is 0 Å². The molecule has 0 aromatic carbocycles. The first kappa shape index (κ1) is 21.3. The van der Waals surface area contributed by atoms with Gasteiger partial charge in [0.2, 0.25) is 0 Å². The molecule has 0 fully saturated rings. The van der Waals surface area contributed by atoms with Crippen molar-refractivity contribution < 1.29 is 0 Å². The van der Waals surface area contributed by atoms with Gasteiger partial charge in [0.05, 0.1) is 0 Å². The molecule has 0 aromatic rings. The van der Waals surface area contributed by atoms with Crippen LogP contribution < -0.4 is 11.1 Å². The molecule has 0 aliphatic carbocycles. The SMILES string of the molecule is CCCCCCCCCCCCCCCCCCN/C=C/N. The molecule has 3 N–H and O–H groups in total. The molecule has 0 aliphatic heterocycles. The Morgan fingerprint density at radius 3 is 1.32 bits per heavy atom. The van der Waals surface area contributed by atoms with Crippen LogP contribution >= 0.6 is 0 Å². The Morgan fingerprint density at radius 2 is 0.955 bits per heavy atom. The summed E-state index contributed by atoms with van der Waals surface area (Å²) in [5.74, 6) is 0. The fraction of sp³-hybridized carbons (Fsp3) is 0.900. The molecule has 0 saturated heterocycles. The maximum absolute atomic E-state index is 5.26. The lowest BCUT2D eigenvalue weighted by Gasteiger charge is -2.03. The molecule has 0 spiro atoms. The number of nitrogens with two attached hydrogens (primary N) is 1. The number of unbranched alkanes of at least 4 members (excludes halogenated alkanes) is 15. The van der Waals surface area contributed by atoms with E-state index in [0.29, 0.717) is 0 Å². The Labute approximate surface area is 140 Å². The first-order valence-electron chi connectivity index (χ1n) is 10.0. The zero-order valence-electron chi connectivity index (χ0n) is 15.3. The molecular formula is C20H42N2. The van der Waals surface area contributed by atoms with E-state index in [2.05, 4.69) is 12.2 Å². The molecule has 0 unspecified atom stereocenters. The molecule has 0 heterocycles. The van der Waals surface area contributed by atoms with Gasteiger partial charge in [-0.05, 0) is 6.42 Å². The number of hydrogen-bond donors (Lipinski definition) is 2. The number of hydrogen-bond acceptors (Lipinski definition) is 2. The van der Waals surface area contributed by atoms with Gasteiger partial charge in [-0.1, -0.05) is 103 Å². The summed E-state index contributed by atoms with van der Waals surface area (Å²) in [4.78, 5) is 0. The summed E-state index contributed by atoms with van der Waals surface area (Å²) >= 11 is 0. The first-order chi connectivity index (χ1) is 10.9. The Morgan fingerprint density at radius 1 is 0.591 bits per heavy atom. The summed E-state index contributed by atoms with van der Waals surface area (Å²) in [6.07, 6.45) is 26.2. The number of nitrogens with one attached hydrogen (secondary N) is 1. The third-order valence-electron chi connectivity index (χ3n) is 4.39. The molecular weight excluding hydrogens is 268 g/mol. The number of rotatable bonds is 18. The summed E-state index contributed by atoms with van der Waals surface area (Å²) in [5.41, 5.74) is 5.26. The van der Waals surface area contributed by atoms with E-state index in [1.165, 1.54) is 103 Å². The van der Waals surface area contributed by atoms with Gasteiger partial charge >= 0.3 is 0 Å². The van der Waals surface area contributed by atoms with Crippen molar-refractivity contribution in [1.82, 2.24) is 5.32 Å². The maximum atomic E-state index is 5.26. The van der Waals surface area contributed by atoms with E-state index in [4.69, 9.17) is 5.73 Å². The van der Waals surface area contributed by atoms with Crippen LogP contribution in [-0.4, -0.2) is 6.54 Å². The van der Waals surface area contributed by atoms with Gasteiger partial charge in [0.25, 0.3) is 0 Å². The minimum Gasteiger partial charge on any atom is -0.403 e.